The number of halogens is 2. The fraction of sp³-hybridized carbons (Fsp3) is 0. The first-order valence-corrected chi connectivity index (χ1v) is 7.66. The Balaban J connectivity index is 1.95. The topological polar surface area (TPSA) is 58.9 Å². The van der Waals surface area contributed by atoms with Crippen LogP contribution in [0.15, 0.2) is 53.8 Å². The van der Waals surface area contributed by atoms with Crippen LogP contribution >= 0.6 is 11.6 Å². The molecule has 0 fully saturated rings. The molecule has 0 bridgehead atoms. The lowest BCUT2D eigenvalue weighted by molar-refractivity contribution is 0.624. The first kappa shape index (κ1) is 13.4. The van der Waals surface area contributed by atoms with Crippen LogP contribution in [0, 0.1) is 5.82 Å². The van der Waals surface area contributed by atoms with Crippen LogP contribution in [0.25, 0.3) is 22.2 Å². The third kappa shape index (κ3) is 1.71. The van der Waals surface area contributed by atoms with Gasteiger partial charge in [-0.25, -0.2) is 14.1 Å². The van der Waals surface area contributed by atoms with E-state index in [0.717, 1.165) is 22.2 Å². The number of aromatic amines is 1. The van der Waals surface area contributed by atoms with E-state index in [2.05, 4.69) is 20.3 Å². The molecule has 0 spiro atoms. The van der Waals surface area contributed by atoms with Crippen molar-refractivity contribution in [3.05, 3.63) is 65.2 Å². The number of benzene rings is 2. The second kappa shape index (κ2) is 4.75. The number of rotatable bonds is 1. The first-order chi connectivity index (χ1) is 11.7. The van der Waals surface area contributed by atoms with E-state index in [-0.39, 0.29) is 10.6 Å². The van der Waals surface area contributed by atoms with Crippen LogP contribution in [0.1, 0.15) is 5.56 Å². The highest BCUT2D eigenvalue weighted by Gasteiger charge is 2.25. The summed E-state index contributed by atoms with van der Waals surface area (Å²) >= 11 is 6.26. The Hall–Kier alpha value is -2.99. The van der Waals surface area contributed by atoms with Crippen LogP contribution in [0.4, 0.5) is 10.1 Å². The summed E-state index contributed by atoms with van der Waals surface area (Å²) in [6, 6.07) is 10.4. The van der Waals surface area contributed by atoms with Gasteiger partial charge in [0.05, 0.1) is 34.2 Å². The number of aliphatic imine (C=N–C) groups is 1. The van der Waals surface area contributed by atoms with Gasteiger partial charge >= 0.3 is 0 Å². The van der Waals surface area contributed by atoms with Crippen LogP contribution < -0.4 is 0 Å². The third-order valence-corrected chi connectivity index (χ3v) is 4.41. The second-order valence-corrected chi connectivity index (χ2v) is 5.87. The lowest BCUT2D eigenvalue weighted by Crippen LogP contribution is -2.16. The molecular weight excluding hydrogens is 329 g/mol. The summed E-state index contributed by atoms with van der Waals surface area (Å²) < 4.78 is 16.1. The van der Waals surface area contributed by atoms with E-state index in [1.165, 1.54) is 6.07 Å². The molecule has 0 radical (unpaired) electrons. The van der Waals surface area contributed by atoms with Crippen molar-refractivity contribution in [2.45, 2.75) is 0 Å². The van der Waals surface area contributed by atoms with Crippen molar-refractivity contribution in [2.24, 2.45) is 4.99 Å². The first-order valence-electron chi connectivity index (χ1n) is 7.28. The maximum absolute atomic E-state index is 14.5. The second-order valence-electron chi connectivity index (χ2n) is 5.46. The minimum Gasteiger partial charge on any atom is -0.275 e. The lowest BCUT2D eigenvalue weighted by atomic mass is 10.1. The number of nitrogens with one attached hydrogen (secondary N) is 1. The Labute approximate surface area is 140 Å². The molecule has 0 saturated heterocycles. The number of hydrogen-bond acceptors (Lipinski definition) is 3. The van der Waals surface area contributed by atoms with E-state index < -0.39 is 5.82 Å². The molecule has 116 valence electrons. The van der Waals surface area contributed by atoms with Crippen molar-refractivity contribution in [3.63, 3.8) is 0 Å². The van der Waals surface area contributed by atoms with Gasteiger partial charge < -0.3 is 0 Å². The van der Waals surface area contributed by atoms with E-state index in [1.807, 2.05) is 18.2 Å². The molecule has 5 rings (SSSR count). The summed E-state index contributed by atoms with van der Waals surface area (Å²) in [6.45, 7) is 0. The van der Waals surface area contributed by atoms with E-state index >= 15 is 0 Å². The fourth-order valence-electron chi connectivity index (χ4n) is 3.04. The van der Waals surface area contributed by atoms with Gasteiger partial charge in [-0.2, -0.15) is 10.2 Å². The summed E-state index contributed by atoms with van der Waals surface area (Å²) in [5.41, 5.74) is 3.34. The van der Waals surface area contributed by atoms with Crippen molar-refractivity contribution in [2.75, 3.05) is 0 Å². The molecule has 24 heavy (non-hydrogen) atoms. The number of nitrogens with zero attached hydrogens (tertiary/aromatic N) is 4. The summed E-state index contributed by atoms with van der Waals surface area (Å²) in [5, 5.41) is 12.7. The molecule has 1 aliphatic heterocycles. The molecule has 0 saturated carbocycles. The minimum atomic E-state index is -0.450. The van der Waals surface area contributed by atoms with Crippen LogP contribution in [-0.4, -0.2) is 25.8 Å². The Kier molecular flexibility index (Phi) is 2.66. The number of para-hydroxylation sites is 1. The molecular formula is C17H9ClFN5. The molecule has 5 nitrogen and oxygen atoms in total. The van der Waals surface area contributed by atoms with Crippen LogP contribution in [0.2, 0.25) is 5.02 Å². The van der Waals surface area contributed by atoms with E-state index in [4.69, 9.17) is 11.6 Å². The van der Waals surface area contributed by atoms with Gasteiger partial charge in [0.2, 0.25) is 0 Å². The minimum absolute atomic E-state index is 0.216. The Morgan fingerprint density at radius 1 is 1.08 bits per heavy atom. The molecule has 7 heteroatoms. The quantitative estimate of drug-likeness (QED) is 0.499. The van der Waals surface area contributed by atoms with Crippen molar-refractivity contribution >= 4 is 34.0 Å². The van der Waals surface area contributed by atoms with Crippen molar-refractivity contribution in [1.29, 1.82) is 0 Å². The molecule has 0 atom stereocenters. The molecule has 0 amide bonds. The third-order valence-electron chi connectivity index (χ3n) is 4.09. The zero-order valence-electron chi connectivity index (χ0n) is 12.2. The van der Waals surface area contributed by atoms with Gasteiger partial charge in [0.15, 0.2) is 5.84 Å². The lowest BCUT2D eigenvalue weighted by Gasteiger charge is -2.10. The number of fused-ring (bicyclic) bond motifs is 2. The monoisotopic (exact) mass is 337 g/mol. The maximum atomic E-state index is 14.5. The number of H-pyrrole nitrogens is 1. The number of aromatic nitrogens is 4. The molecule has 4 aromatic rings. The molecule has 3 heterocycles. The van der Waals surface area contributed by atoms with Crippen molar-refractivity contribution in [3.8, 4) is 11.3 Å². The van der Waals surface area contributed by atoms with Crippen molar-refractivity contribution in [1.82, 2.24) is 20.0 Å². The maximum Gasteiger partial charge on any atom is 0.166 e. The predicted octanol–water partition coefficient (Wildman–Crippen LogP) is 4.16. The Morgan fingerprint density at radius 3 is 2.83 bits per heavy atom. The molecule has 2 aromatic heterocycles. The zero-order chi connectivity index (χ0) is 16.3. The van der Waals surface area contributed by atoms with Gasteiger partial charge in [-0.05, 0) is 12.1 Å². The molecule has 2 aromatic carbocycles. The predicted molar refractivity (Wildman–Crippen MR) is 90.3 cm³/mol. The average molecular weight is 338 g/mol. The highest BCUT2D eigenvalue weighted by molar-refractivity contribution is 6.34. The van der Waals surface area contributed by atoms with E-state index in [9.17, 15) is 4.39 Å². The summed E-state index contributed by atoms with van der Waals surface area (Å²) in [7, 11) is 0. The van der Waals surface area contributed by atoms with Gasteiger partial charge in [-0.1, -0.05) is 35.9 Å². The van der Waals surface area contributed by atoms with Crippen LogP contribution in [-0.2, 0) is 0 Å². The number of hydrogen-bond donors (Lipinski definition) is 1. The van der Waals surface area contributed by atoms with Crippen LogP contribution in [0.3, 0.4) is 0 Å². The Bertz CT molecular complexity index is 1120. The SMILES string of the molecule is Fc1cccc(Cl)c1C1=Nc2cn[nH]c2-c2cccc3cnn1c23. The van der Waals surface area contributed by atoms with Gasteiger partial charge in [0.1, 0.15) is 11.5 Å². The van der Waals surface area contributed by atoms with Crippen LogP contribution in [0.5, 0.6) is 0 Å². The average Bonchev–Trinajstić information content (AvgIpc) is 3.17. The summed E-state index contributed by atoms with van der Waals surface area (Å²) in [6.07, 6.45) is 3.33. The van der Waals surface area contributed by atoms with Crippen molar-refractivity contribution < 1.29 is 4.39 Å². The highest BCUT2D eigenvalue weighted by Crippen LogP contribution is 2.37. The normalized spacial score (nSPS) is 12.8. The van der Waals surface area contributed by atoms with Gasteiger partial charge in [0.25, 0.3) is 0 Å². The summed E-state index contributed by atoms with van der Waals surface area (Å²) in [5.74, 6) is -0.116. The summed E-state index contributed by atoms with van der Waals surface area (Å²) in [4.78, 5) is 4.60. The Morgan fingerprint density at radius 2 is 1.96 bits per heavy atom. The molecule has 1 aliphatic rings. The molecule has 0 unspecified atom stereocenters. The van der Waals surface area contributed by atoms with E-state index in [1.54, 1.807) is 29.2 Å². The smallest absolute Gasteiger partial charge is 0.166 e. The van der Waals surface area contributed by atoms with Gasteiger partial charge in [-0.3, -0.25) is 5.10 Å². The largest absolute Gasteiger partial charge is 0.275 e. The zero-order valence-corrected chi connectivity index (χ0v) is 12.9. The molecule has 0 aliphatic carbocycles. The van der Waals surface area contributed by atoms with E-state index in [0.29, 0.717) is 11.5 Å². The van der Waals surface area contributed by atoms with Gasteiger partial charge in [0, 0.05) is 10.9 Å². The molecule has 1 N–H and O–H groups in total. The fourth-order valence-corrected chi connectivity index (χ4v) is 3.29. The standard InChI is InChI=1S/C17H9ClFN5/c18-11-5-2-6-12(19)14(11)17-22-13-8-20-23-15(13)10-4-1-3-9-7-21-24(17)16(9)10/h1-8H,(H,20,23). The van der Waals surface area contributed by atoms with Gasteiger partial charge in [-0.15, -0.1) is 0 Å². The highest BCUT2D eigenvalue weighted by atomic mass is 35.5.